The van der Waals surface area contributed by atoms with E-state index in [1.165, 1.54) is 10.9 Å². The SMILES string of the molecule is Cn1cc(Cl)cc1C(=O)N1CCc2c(ncn(C)c2=O)C1. The molecule has 0 aromatic carbocycles. The Morgan fingerprint density at radius 1 is 1.33 bits per heavy atom. The lowest BCUT2D eigenvalue weighted by Gasteiger charge is -2.27. The van der Waals surface area contributed by atoms with Crippen molar-refractivity contribution in [3.8, 4) is 0 Å². The van der Waals surface area contributed by atoms with Gasteiger partial charge in [0.05, 0.1) is 23.6 Å². The van der Waals surface area contributed by atoms with Crippen molar-refractivity contribution in [1.82, 2.24) is 19.0 Å². The van der Waals surface area contributed by atoms with Crippen LogP contribution in [0.5, 0.6) is 0 Å². The molecule has 1 aliphatic rings. The summed E-state index contributed by atoms with van der Waals surface area (Å²) >= 11 is 5.92. The highest BCUT2D eigenvalue weighted by Gasteiger charge is 2.26. The number of carbonyl (C=O) groups excluding carboxylic acids is 1. The molecule has 0 saturated carbocycles. The van der Waals surface area contributed by atoms with Crippen LogP contribution in [0.15, 0.2) is 23.4 Å². The molecule has 0 saturated heterocycles. The van der Waals surface area contributed by atoms with Crippen LogP contribution in [-0.4, -0.2) is 31.5 Å². The molecular formula is C14H15ClN4O2. The average molecular weight is 307 g/mol. The van der Waals surface area contributed by atoms with Crippen molar-refractivity contribution >= 4 is 17.5 Å². The van der Waals surface area contributed by atoms with E-state index in [4.69, 9.17) is 11.6 Å². The van der Waals surface area contributed by atoms with Gasteiger partial charge in [-0.3, -0.25) is 9.59 Å². The molecule has 0 aliphatic carbocycles. The van der Waals surface area contributed by atoms with E-state index in [1.807, 2.05) is 0 Å². The number of hydrogen-bond donors (Lipinski definition) is 0. The van der Waals surface area contributed by atoms with Gasteiger partial charge in [0.2, 0.25) is 0 Å². The standard InChI is InChI=1S/C14H15ClN4O2/c1-17-6-9(15)5-12(17)14(21)19-4-3-10-11(7-19)16-8-18(2)13(10)20/h5-6,8H,3-4,7H2,1-2H3. The van der Waals surface area contributed by atoms with Gasteiger partial charge in [-0.1, -0.05) is 11.6 Å². The van der Waals surface area contributed by atoms with Gasteiger partial charge in [0.25, 0.3) is 11.5 Å². The van der Waals surface area contributed by atoms with E-state index in [-0.39, 0.29) is 11.5 Å². The molecule has 7 heteroatoms. The molecule has 0 bridgehead atoms. The van der Waals surface area contributed by atoms with Gasteiger partial charge in [-0.2, -0.15) is 0 Å². The molecule has 0 atom stereocenters. The molecule has 3 heterocycles. The summed E-state index contributed by atoms with van der Waals surface area (Å²) in [5.41, 5.74) is 1.88. The zero-order valence-electron chi connectivity index (χ0n) is 11.8. The first-order valence-electron chi connectivity index (χ1n) is 6.62. The first-order valence-corrected chi connectivity index (χ1v) is 6.99. The Morgan fingerprint density at radius 3 is 2.76 bits per heavy atom. The summed E-state index contributed by atoms with van der Waals surface area (Å²) < 4.78 is 3.17. The zero-order chi connectivity index (χ0) is 15.1. The first-order chi connectivity index (χ1) is 9.97. The molecule has 0 unspecified atom stereocenters. The number of rotatable bonds is 1. The van der Waals surface area contributed by atoms with Crippen molar-refractivity contribution in [2.75, 3.05) is 6.54 Å². The van der Waals surface area contributed by atoms with Gasteiger partial charge in [-0.25, -0.2) is 4.98 Å². The number of carbonyl (C=O) groups is 1. The van der Waals surface area contributed by atoms with Crippen LogP contribution in [0, 0.1) is 0 Å². The lowest BCUT2D eigenvalue weighted by atomic mass is 10.1. The molecule has 110 valence electrons. The normalized spacial score (nSPS) is 14.1. The highest BCUT2D eigenvalue weighted by molar-refractivity contribution is 6.31. The van der Waals surface area contributed by atoms with Crippen molar-refractivity contribution in [3.63, 3.8) is 0 Å². The largest absolute Gasteiger partial charge is 0.345 e. The van der Waals surface area contributed by atoms with E-state index >= 15 is 0 Å². The summed E-state index contributed by atoms with van der Waals surface area (Å²) in [4.78, 5) is 30.5. The second kappa shape index (κ2) is 5.04. The minimum Gasteiger partial charge on any atom is -0.345 e. The van der Waals surface area contributed by atoms with Gasteiger partial charge in [0.15, 0.2) is 0 Å². The summed E-state index contributed by atoms with van der Waals surface area (Å²) in [7, 11) is 3.46. The highest BCUT2D eigenvalue weighted by atomic mass is 35.5. The fraction of sp³-hybridized carbons (Fsp3) is 0.357. The Balaban J connectivity index is 1.90. The van der Waals surface area contributed by atoms with Crippen molar-refractivity contribution < 1.29 is 4.79 Å². The molecule has 1 aliphatic heterocycles. The van der Waals surface area contributed by atoms with Crippen LogP contribution in [-0.2, 0) is 27.1 Å². The summed E-state index contributed by atoms with van der Waals surface area (Å²) in [5, 5.41) is 0.533. The number of aromatic nitrogens is 3. The van der Waals surface area contributed by atoms with E-state index in [2.05, 4.69) is 4.98 Å². The van der Waals surface area contributed by atoms with Gasteiger partial charge in [0.1, 0.15) is 5.69 Å². The lowest BCUT2D eigenvalue weighted by Crippen LogP contribution is -2.40. The predicted molar refractivity (Wildman–Crippen MR) is 78.3 cm³/mol. The molecular weight excluding hydrogens is 292 g/mol. The maximum absolute atomic E-state index is 12.5. The van der Waals surface area contributed by atoms with Crippen LogP contribution >= 0.6 is 11.6 Å². The summed E-state index contributed by atoms with van der Waals surface area (Å²) in [6.07, 6.45) is 3.72. The fourth-order valence-electron chi connectivity index (χ4n) is 2.59. The van der Waals surface area contributed by atoms with Crippen LogP contribution in [0.1, 0.15) is 21.7 Å². The zero-order valence-corrected chi connectivity index (χ0v) is 12.6. The summed E-state index contributed by atoms with van der Waals surface area (Å²) in [5.74, 6) is -0.0995. The Labute approximate surface area is 126 Å². The monoisotopic (exact) mass is 306 g/mol. The quantitative estimate of drug-likeness (QED) is 0.789. The maximum Gasteiger partial charge on any atom is 0.270 e. The third-order valence-corrected chi connectivity index (χ3v) is 3.97. The molecule has 0 N–H and O–H groups in total. The number of hydrogen-bond acceptors (Lipinski definition) is 3. The second-order valence-corrected chi connectivity index (χ2v) is 5.65. The van der Waals surface area contributed by atoms with Crippen molar-refractivity contribution in [2.45, 2.75) is 13.0 Å². The minimum atomic E-state index is -0.0995. The maximum atomic E-state index is 12.5. The Kier molecular flexibility index (Phi) is 3.33. The van der Waals surface area contributed by atoms with E-state index in [0.717, 1.165) is 0 Å². The molecule has 2 aromatic heterocycles. The molecule has 6 nitrogen and oxygen atoms in total. The van der Waals surface area contributed by atoms with Crippen LogP contribution in [0.25, 0.3) is 0 Å². The average Bonchev–Trinajstić information content (AvgIpc) is 2.80. The van der Waals surface area contributed by atoms with E-state index in [9.17, 15) is 9.59 Å². The minimum absolute atomic E-state index is 0.0333. The summed E-state index contributed by atoms with van der Waals surface area (Å²) in [6, 6.07) is 1.65. The smallest absolute Gasteiger partial charge is 0.270 e. The Morgan fingerprint density at radius 2 is 2.10 bits per heavy atom. The van der Waals surface area contributed by atoms with E-state index < -0.39 is 0 Å². The molecule has 0 spiro atoms. The Hall–Kier alpha value is -2.08. The first kappa shape index (κ1) is 13.9. The van der Waals surface area contributed by atoms with Gasteiger partial charge >= 0.3 is 0 Å². The fourth-order valence-corrected chi connectivity index (χ4v) is 2.84. The van der Waals surface area contributed by atoms with Gasteiger partial charge in [-0.05, 0) is 12.5 Å². The van der Waals surface area contributed by atoms with Gasteiger partial charge in [-0.15, -0.1) is 0 Å². The van der Waals surface area contributed by atoms with Crippen LogP contribution in [0.2, 0.25) is 5.02 Å². The molecule has 0 fully saturated rings. The van der Waals surface area contributed by atoms with Crippen LogP contribution < -0.4 is 5.56 Å². The molecule has 2 aromatic rings. The topological polar surface area (TPSA) is 60.1 Å². The van der Waals surface area contributed by atoms with E-state index in [0.29, 0.717) is 41.5 Å². The molecule has 1 amide bonds. The second-order valence-electron chi connectivity index (χ2n) is 5.22. The lowest BCUT2D eigenvalue weighted by molar-refractivity contribution is 0.0721. The summed E-state index contributed by atoms with van der Waals surface area (Å²) in [6.45, 7) is 0.864. The third-order valence-electron chi connectivity index (χ3n) is 3.76. The number of amides is 1. The number of fused-ring (bicyclic) bond motifs is 1. The number of aryl methyl sites for hydroxylation is 2. The molecule has 21 heavy (non-hydrogen) atoms. The highest BCUT2D eigenvalue weighted by Crippen LogP contribution is 2.19. The predicted octanol–water partition coefficient (Wildman–Crippen LogP) is 0.971. The van der Waals surface area contributed by atoms with Crippen LogP contribution in [0.3, 0.4) is 0 Å². The van der Waals surface area contributed by atoms with Gasteiger partial charge in [0, 0.05) is 32.4 Å². The van der Waals surface area contributed by atoms with Crippen LogP contribution in [0.4, 0.5) is 0 Å². The van der Waals surface area contributed by atoms with Crippen molar-refractivity contribution in [3.05, 3.63) is 50.9 Å². The van der Waals surface area contributed by atoms with Crippen molar-refractivity contribution in [1.29, 1.82) is 0 Å². The van der Waals surface area contributed by atoms with Gasteiger partial charge < -0.3 is 14.0 Å². The van der Waals surface area contributed by atoms with E-state index in [1.54, 1.807) is 35.8 Å². The molecule has 3 rings (SSSR count). The number of halogens is 1. The molecule has 0 radical (unpaired) electrons. The Bertz CT molecular complexity index is 778. The number of nitrogens with zero attached hydrogens (tertiary/aromatic N) is 4. The third kappa shape index (κ3) is 2.35. The van der Waals surface area contributed by atoms with Crippen molar-refractivity contribution in [2.24, 2.45) is 14.1 Å².